The van der Waals surface area contributed by atoms with Crippen molar-refractivity contribution in [1.82, 2.24) is 0 Å². The van der Waals surface area contributed by atoms with Gasteiger partial charge < -0.3 is 4.74 Å². The molecule has 0 aromatic heterocycles. The molecule has 0 radical (unpaired) electrons. The van der Waals surface area contributed by atoms with Crippen LogP contribution in [0.5, 0.6) is 5.75 Å². The Morgan fingerprint density at radius 3 is 2.15 bits per heavy atom. The van der Waals surface area contributed by atoms with Crippen LogP contribution in [0.4, 0.5) is 8.78 Å². The van der Waals surface area contributed by atoms with Gasteiger partial charge in [0.25, 0.3) is 0 Å². The van der Waals surface area contributed by atoms with Gasteiger partial charge in [0, 0.05) is 11.1 Å². The monoisotopic (exact) mass is 276 g/mol. The summed E-state index contributed by atoms with van der Waals surface area (Å²) in [5.74, 6) is -1.25. The first-order valence-electron chi connectivity index (χ1n) is 6.09. The smallest absolute Gasteiger partial charge is 0.193 e. The number of rotatable bonds is 3. The molecule has 0 saturated heterocycles. The lowest BCUT2D eigenvalue weighted by Crippen LogP contribution is -2.07. The molecule has 104 valence electrons. The second-order valence-electron chi connectivity index (χ2n) is 4.59. The van der Waals surface area contributed by atoms with E-state index >= 15 is 0 Å². The molecule has 0 aliphatic heterocycles. The molecule has 20 heavy (non-hydrogen) atoms. The molecule has 0 unspecified atom stereocenters. The van der Waals surface area contributed by atoms with Crippen molar-refractivity contribution in [2.45, 2.75) is 13.8 Å². The van der Waals surface area contributed by atoms with E-state index < -0.39 is 11.6 Å². The number of benzene rings is 2. The zero-order chi connectivity index (χ0) is 14.9. The summed E-state index contributed by atoms with van der Waals surface area (Å²) in [7, 11) is 1.36. The van der Waals surface area contributed by atoms with E-state index in [1.807, 2.05) is 0 Å². The van der Waals surface area contributed by atoms with Gasteiger partial charge >= 0.3 is 0 Å². The largest absolute Gasteiger partial charge is 0.494 e. The Bertz CT molecular complexity index is 655. The number of carbonyl (C=O) groups excluding carboxylic acids is 1. The number of hydrogen-bond donors (Lipinski definition) is 0. The fraction of sp³-hybridized carbons (Fsp3) is 0.188. The van der Waals surface area contributed by atoms with Crippen LogP contribution in [0.1, 0.15) is 27.0 Å². The third-order valence-electron chi connectivity index (χ3n) is 3.14. The van der Waals surface area contributed by atoms with E-state index in [-0.39, 0.29) is 17.1 Å². The van der Waals surface area contributed by atoms with Crippen LogP contribution in [0, 0.1) is 25.5 Å². The topological polar surface area (TPSA) is 26.3 Å². The molecule has 0 saturated carbocycles. The zero-order valence-corrected chi connectivity index (χ0v) is 11.5. The highest BCUT2D eigenvalue weighted by Crippen LogP contribution is 2.23. The molecular formula is C16H14F2O2. The van der Waals surface area contributed by atoms with Crippen LogP contribution in [-0.2, 0) is 0 Å². The molecule has 2 aromatic carbocycles. The summed E-state index contributed by atoms with van der Waals surface area (Å²) in [6.45, 7) is 3.31. The van der Waals surface area contributed by atoms with E-state index in [0.29, 0.717) is 16.7 Å². The van der Waals surface area contributed by atoms with Crippen LogP contribution in [0.3, 0.4) is 0 Å². The molecule has 0 aliphatic carbocycles. The summed E-state index contributed by atoms with van der Waals surface area (Å²) in [4.78, 5) is 12.4. The van der Waals surface area contributed by atoms with Gasteiger partial charge in [0.05, 0.1) is 7.11 Å². The summed E-state index contributed by atoms with van der Waals surface area (Å²) in [5, 5.41) is 0. The molecule has 2 aromatic rings. The molecule has 0 heterocycles. The van der Waals surface area contributed by atoms with Gasteiger partial charge in [-0.2, -0.15) is 0 Å². The summed E-state index contributed by atoms with van der Waals surface area (Å²) in [6, 6.07) is 6.60. The van der Waals surface area contributed by atoms with Crippen molar-refractivity contribution in [2.24, 2.45) is 0 Å². The average molecular weight is 276 g/mol. The second kappa shape index (κ2) is 5.41. The van der Waals surface area contributed by atoms with Crippen LogP contribution in [0.15, 0.2) is 30.3 Å². The van der Waals surface area contributed by atoms with Crippen LogP contribution in [0.2, 0.25) is 0 Å². The Morgan fingerprint density at radius 2 is 1.65 bits per heavy atom. The third-order valence-corrected chi connectivity index (χ3v) is 3.14. The number of halogens is 2. The van der Waals surface area contributed by atoms with Gasteiger partial charge in [-0.1, -0.05) is 0 Å². The minimum absolute atomic E-state index is 0.0779. The Hall–Kier alpha value is -2.23. The van der Waals surface area contributed by atoms with E-state index in [2.05, 4.69) is 0 Å². The lowest BCUT2D eigenvalue weighted by atomic mass is 9.94. The minimum atomic E-state index is -0.601. The van der Waals surface area contributed by atoms with Gasteiger partial charge in [0.15, 0.2) is 17.3 Å². The molecule has 0 fully saturated rings. The van der Waals surface area contributed by atoms with E-state index in [9.17, 15) is 13.6 Å². The zero-order valence-electron chi connectivity index (χ0n) is 11.5. The first kappa shape index (κ1) is 14.2. The Labute approximate surface area is 116 Å². The van der Waals surface area contributed by atoms with Gasteiger partial charge in [-0.25, -0.2) is 8.78 Å². The lowest BCUT2D eigenvalue weighted by molar-refractivity contribution is 0.103. The predicted molar refractivity (Wildman–Crippen MR) is 72.3 cm³/mol. The molecule has 0 aliphatic rings. The molecule has 2 rings (SSSR count). The first-order valence-corrected chi connectivity index (χ1v) is 6.09. The fourth-order valence-corrected chi connectivity index (χ4v) is 2.22. The third kappa shape index (κ3) is 2.54. The normalized spacial score (nSPS) is 10.4. The van der Waals surface area contributed by atoms with Gasteiger partial charge in [-0.05, 0) is 55.3 Å². The summed E-state index contributed by atoms with van der Waals surface area (Å²) in [6.07, 6.45) is 0. The summed E-state index contributed by atoms with van der Waals surface area (Å²) < 4.78 is 31.7. The standard InChI is InChI=1S/C16H14F2O2/c1-9-6-12(17)7-10(2)15(9)16(19)11-4-5-14(20-3)13(18)8-11/h4-8H,1-3H3. The number of hydrogen-bond acceptors (Lipinski definition) is 2. The molecule has 2 nitrogen and oxygen atoms in total. The van der Waals surface area contributed by atoms with Crippen LogP contribution in [0.25, 0.3) is 0 Å². The summed E-state index contributed by atoms with van der Waals surface area (Å²) in [5.41, 5.74) is 1.67. The fourth-order valence-electron chi connectivity index (χ4n) is 2.22. The van der Waals surface area contributed by atoms with Crippen molar-refractivity contribution < 1.29 is 18.3 Å². The molecule has 0 spiro atoms. The first-order chi connectivity index (χ1) is 9.43. The van der Waals surface area contributed by atoms with Crippen molar-refractivity contribution >= 4 is 5.78 Å². The predicted octanol–water partition coefficient (Wildman–Crippen LogP) is 3.82. The van der Waals surface area contributed by atoms with Crippen LogP contribution in [-0.4, -0.2) is 12.9 Å². The molecule has 0 N–H and O–H groups in total. The SMILES string of the molecule is COc1ccc(C(=O)c2c(C)cc(F)cc2C)cc1F. The van der Waals surface area contributed by atoms with Gasteiger partial charge in [0.1, 0.15) is 5.82 Å². The highest BCUT2D eigenvalue weighted by molar-refractivity contribution is 6.10. The Balaban J connectivity index is 2.49. The second-order valence-corrected chi connectivity index (χ2v) is 4.59. The maximum atomic E-state index is 13.7. The summed E-state index contributed by atoms with van der Waals surface area (Å²) >= 11 is 0. The van der Waals surface area contributed by atoms with Gasteiger partial charge in [-0.15, -0.1) is 0 Å². The highest BCUT2D eigenvalue weighted by Gasteiger charge is 2.17. The van der Waals surface area contributed by atoms with E-state index in [1.165, 1.54) is 31.4 Å². The number of aryl methyl sites for hydroxylation is 2. The number of ketones is 1. The van der Waals surface area contributed by atoms with Crippen LogP contribution < -0.4 is 4.74 Å². The lowest BCUT2D eigenvalue weighted by Gasteiger charge is -2.10. The van der Waals surface area contributed by atoms with Gasteiger partial charge in [-0.3, -0.25) is 4.79 Å². The number of methoxy groups -OCH3 is 1. The van der Waals surface area contributed by atoms with Crippen molar-refractivity contribution in [3.63, 3.8) is 0 Å². The molecule has 0 atom stereocenters. The molecular weight excluding hydrogens is 262 g/mol. The van der Waals surface area contributed by atoms with Crippen molar-refractivity contribution in [3.05, 3.63) is 64.2 Å². The average Bonchev–Trinajstić information content (AvgIpc) is 2.37. The Kier molecular flexibility index (Phi) is 3.84. The van der Waals surface area contributed by atoms with Crippen molar-refractivity contribution in [3.8, 4) is 5.75 Å². The van der Waals surface area contributed by atoms with E-state index in [4.69, 9.17) is 4.74 Å². The molecule has 0 amide bonds. The van der Waals surface area contributed by atoms with Gasteiger partial charge in [0.2, 0.25) is 0 Å². The van der Waals surface area contributed by atoms with Crippen molar-refractivity contribution in [2.75, 3.05) is 7.11 Å². The number of carbonyl (C=O) groups is 1. The maximum absolute atomic E-state index is 13.7. The van der Waals surface area contributed by atoms with Crippen molar-refractivity contribution in [1.29, 1.82) is 0 Å². The molecule has 4 heteroatoms. The number of ether oxygens (including phenoxy) is 1. The van der Waals surface area contributed by atoms with Crippen LogP contribution >= 0.6 is 0 Å². The molecule has 0 bridgehead atoms. The van der Waals surface area contributed by atoms with E-state index in [0.717, 1.165) is 6.07 Å². The van der Waals surface area contributed by atoms with E-state index in [1.54, 1.807) is 13.8 Å². The quantitative estimate of drug-likeness (QED) is 0.797. The maximum Gasteiger partial charge on any atom is 0.193 e. The highest BCUT2D eigenvalue weighted by atomic mass is 19.1. The Morgan fingerprint density at radius 1 is 1.05 bits per heavy atom. The minimum Gasteiger partial charge on any atom is -0.494 e.